The summed E-state index contributed by atoms with van der Waals surface area (Å²) in [6.07, 6.45) is 0. The number of carbonyl (C=O) groups is 1. The molecule has 0 saturated carbocycles. The molecule has 146 valence electrons. The number of nitrogens with zero attached hydrogens (tertiary/aromatic N) is 3. The number of halogens is 2. The molecule has 1 amide bonds. The van der Waals surface area contributed by atoms with Crippen LogP contribution in [0.2, 0.25) is 0 Å². The van der Waals surface area contributed by atoms with Gasteiger partial charge < -0.3 is 19.3 Å². The van der Waals surface area contributed by atoms with Gasteiger partial charge in [-0.15, -0.1) is 0 Å². The van der Waals surface area contributed by atoms with Gasteiger partial charge in [-0.2, -0.15) is 5.26 Å². The van der Waals surface area contributed by atoms with Crippen molar-refractivity contribution < 1.29 is 23.0 Å². The van der Waals surface area contributed by atoms with E-state index < -0.39 is 11.6 Å². The van der Waals surface area contributed by atoms with Crippen molar-refractivity contribution in [2.45, 2.75) is 0 Å². The number of piperazine rings is 1. The third kappa shape index (κ3) is 3.83. The largest absolute Gasteiger partial charge is 0.497 e. The Kier molecular flexibility index (Phi) is 5.64. The molecule has 28 heavy (non-hydrogen) atoms. The van der Waals surface area contributed by atoms with Gasteiger partial charge >= 0.3 is 0 Å². The van der Waals surface area contributed by atoms with Crippen LogP contribution in [0.5, 0.6) is 11.5 Å². The highest BCUT2D eigenvalue weighted by Crippen LogP contribution is 2.27. The molecule has 0 aromatic heterocycles. The minimum Gasteiger partial charge on any atom is -0.497 e. The Morgan fingerprint density at radius 1 is 0.964 bits per heavy atom. The number of hydrogen-bond donors (Lipinski definition) is 0. The molecule has 1 heterocycles. The zero-order valence-corrected chi connectivity index (χ0v) is 15.5. The van der Waals surface area contributed by atoms with Crippen molar-refractivity contribution in [1.82, 2.24) is 4.90 Å². The van der Waals surface area contributed by atoms with E-state index in [9.17, 15) is 13.6 Å². The normalized spacial score (nSPS) is 13.8. The zero-order chi connectivity index (χ0) is 20.3. The molecule has 0 unspecified atom stereocenters. The molecule has 3 rings (SSSR count). The van der Waals surface area contributed by atoms with Gasteiger partial charge in [-0.25, -0.2) is 8.78 Å². The van der Waals surface area contributed by atoms with Crippen molar-refractivity contribution in [3.05, 3.63) is 53.1 Å². The fraction of sp³-hybridized carbons (Fsp3) is 0.300. The SMILES string of the molecule is COc1cc(OC)cc(C(=O)N2CCN(c3c(F)cc(C#N)cc3F)CC2)c1. The van der Waals surface area contributed by atoms with Crippen LogP contribution in [0, 0.1) is 23.0 Å². The molecular formula is C20H19F2N3O3. The van der Waals surface area contributed by atoms with Crippen molar-refractivity contribution in [2.24, 2.45) is 0 Å². The first-order valence-corrected chi connectivity index (χ1v) is 8.63. The summed E-state index contributed by atoms with van der Waals surface area (Å²) in [6, 6.07) is 8.67. The van der Waals surface area contributed by atoms with Crippen molar-refractivity contribution in [2.75, 3.05) is 45.3 Å². The van der Waals surface area contributed by atoms with E-state index >= 15 is 0 Å². The van der Waals surface area contributed by atoms with E-state index in [0.717, 1.165) is 12.1 Å². The lowest BCUT2D eigenvalue weighted by Gasteiger charge is -2.36. The van der Waals surface area contributed by atoms with E-state index in [1.807, 2.05) is 0 Å². The minimum atomic E-state index is -0.783. The number of nitriles is 1. The summed E-state index contributed by atoms with van der Waals surface area (Å²) in [4.78, 5) is 16.0. The van der Waals surface area contributed by atoms with Gasteiger partial charge in [-0.3, -0.25) is 4.79 Å². The quantitative estimate of drug-likeness (QED) is 0.807. The number of carbonyl (C=O) groups excluding carboxylic acids is 1. The number of anilines is 1. The summed E-state index contributed by atoms with van der Waals surface area (Å²) in [7, 11) is 3.00. The predicted octanol–water partition coefficient (Wildman–Crippen LogP) is 2.82. The maximum Gasteiger partial charge on any atom is 0.254 e. The van der Waals surface area contributed by atoms with Crippen LogP contribution in [-0.2, 0) is 0 Å². The van der Waals surface area contributed by atoms with Gasteiger partial charge in [0, 0.05) is 37.8 Å². The predicted molar refractivity (Wildman–Crippen MR) is 98.7 cm³/mol. The standard InChI is InChI=1S/C20H19F2N3O3/c1-27-15-9-14(10-16(11-15)28-2)20(26)25-5-3-24(4-6-25)19-17(21)7-13(12-23)8-18(19)22/h7-11H,3-6H2,1-2H3. The molecule has 0 aliphatic carbocycles. The van der Waals surface area contributed by atoms with Gasteiger partial charge in [-0.1, -0.05) is 0 Å². The average molecular weight is 387 g/mol. The van der Waals surface area contributed by atoms with E-state index in [-0.39, 0.29) is 30.2 Å². The van der Waals surface area contributed by atoms with E-state index in [4.69, 9.17) is 14.7 Å². The maximum atomic E-state index is 14.2. The van der Waals surface area contributed by atoms with Crippen molar-refractivity contribution >= 4 is 11.6 Å². The van der Waals surface area contributed by atoms with Gasteiger partial charge in [0.1, 0.15) is 17.2 Å². The first-order chi connectivity index (χ1) is 13.5. The van der Waals surface area contributed by atoms with Crippen LogP contribution in [0.3, 0.4) is 0 Å². The first-order valence-electron chi connectivity index (χ1n) is 8.63. The number of benzene rings is 2. The second-order valence-electron chi connectivity index (χ2n) is 6.28. The topological polar surface area (TPSA) is 65.8 Å². The monoisotopic (exact) mass is 387 g/mol. The summed E-state index contributed by atoms with van der Waals surface area (Å²) in [5, 5.41) is 8.81. The molecule has 1 aliphatic heterocycles. The minimum absolute atomic E-state index is 0.0699. The lowest BCUT2D eigenvalue weighted by Crippen LogP contribution is -2.49. The Balaban J connectivity index is 1.74. The van der Waals surface area contributed by atoms with Gasteiger partial charge in [0.05, 0.1) is 25.9 Å². The third-order valence-electron chi connectivity index (χ3n) is 4.63. The molecule has 6 nitrogen and oxygen atoms in total. The van der Waals surface area contributed by atoms with Crippen LogP contribution in [0.25, 0.3) is 0 Å². The fourth-order valence-corrected chi connectivity index (χ4v) is 3.18. The van der Waals surface area contributed by atoms with Crippen LogP contribution in [-0.4, -0.2) is 51.2 Å². The summed E-state index contributed by atoms with van der Waals surface area (Å²) in [6.45, 7) is 1.15. The molecular weight excluding hydrogens is 368 g/mol. The summed E-state index contributed by atoms with van der Waals surface area (Å²) >= 11 is 0. The van der Waals surface area contributed by atoms with Crippen molar-refractivity contribution in [3.63, 3.8) is 0 Å². The Bertz CT molecular complexity index is 890. The smallest absolute Gasteiger partial charge is 0.254 e. The zero-order valence-electron chi connectivity index (χ0n) is 15.5. The summed E-state index contributed by atoms with van der Waals surface area (Å²) in [5.74, 6) is -0.772. The number of ether oxygens (including phenoxy) is 2. The molecule has 1 fully saturated rings. The Hall–Kier alpha value is -3.34. The van der Waals surface area contributed by atoms with Crippen LogP contribution in [0.1, 0.15) is 15.9 Å². The van der Waals surface area contributed by atoms with Gasteiger partial charge in [0.15, 0.2) is 11.6 Å². The number of rotatable bonds is 4. The van der Waals surface area contributed by atoms with Gasteiger partial charge in [0.25, 0.3) is 5.91 Å². The summed E-state index contributed by atoms with van der Waals surface area (Å²) in [5.41, 5.74) is 0.175. The van der Waals surface area contributed by atoms with E-state index in [0.29, 0.717) is 30.2 Å². The highest BCUT2D eigenvalue weighted by Gasteiger charge is 2.26. The van der Waals surface area contributed by atoms with Gasteiger partial charge in [0.2, 0.25) is 0 Å². The van der Waals surface area contributed by atoms with Crippen molar-refractivity contribution in [1.29, 1.82) is 5.26 Å². The molecule has 0 atom stereocenters. The molecule has 0 N–H and O–H groups in total. The van der Waals surface area contributed by atoms with Gasteiger partial charge in [-0.05, 0) is 24.3 Å². The molecule has 2 aromatic carbocycles. The maximum absolute atomic E-state index is 14.2. The third-order valence-corrected chi connectivity index (χ3v) is 4.63. The Morgan fingerprint density at radius 3 is 1.96 bits per heavy atom. The van der Waals surface area contributed by atoms with Crippen LogP contribution < -0.4 is 14.4 Å². The molecule has 1 saturated heterocycles. The Morgan fingerprint density at radius 2 is 1.50 bits per heavy atom. The number of hydrogen-bond acceptors (Lipinski definition) is 5. The second kappa shape index (κ2) is 8.13. The Labute approximate surface area is 161 Å². The van der Waals surface area contributed by atoms with E-state index in [1.54, 1.807) is 34.1 Å². The molecule has 0 radical (unpaired) electrons. The molecule has 1 aliphatic rings. The summed E-state index contributed by atoms with van der Waals surface area (Å²) < 4.78 is 38.8. The van der Waals surface area contributed by atoms with Crippen molar-refractivity contribution in [3.8, 4) is 17.6 Å². The molecule has 8 heteroatoms. The highest BCUT2D eigenvalue weighted by atomic mass is 19.1. The van der Waals surface area contributed by atoms with Crippen LogP contribution >= 0.6 is 0 Å². The number of amides is 1. The fourth-order valence-electron chi connectivity index (χ4n) is 3.18. The second-order valence-corrected chi connectivity index (χ2v) is 6.28. The van der Waals surface area contributed by atoms with Crippen LogP contribution in [0.15, 0.2) is 30.3 Å². The van der Waals surface area contributed by atoms with Crippen LogP contribution in [0.4, 0.5) is 14.5 Å². The lowest BCUT2D eigenvalue weighted by molar-refractivity contribution is 0.0745. The van der Waals surface area contributed by atoms with E-state index in [2.05, 4.69) is 0 Å². The highest BCUT2D eigenvalue weighted by molar-refractivity contribution is 5.95. The van der Waals surface area contributed by atoms with E-state index in [1.165, 1.54) is 14.2 Å². The molecule has 2 aromatic rings. The lowest BCUT2D eigenvalue weighted by atomic mass is 10.1. The molecule has 0 bridgehead atoms. The first kappa shape index (κ1) is 19.4. The average Bonchev–Trinajstić information content (AvgIpc) is 2.72. The molecule has 0 spiro atoms. The number of methoxy groups -OCH3 is 2.